The second-order valence-electron chi connectivity index (χ2n) is 7.78. The number of piperazine rings is 1. The molecule has 4 N–H and O–H groups in total. The van der Waals surface area contributed by atoms with Crippen molar-refractivity contribution in [1.29, 1.82) is 0 Å². The van der Waals surface area contributed by atoms with Gasteiger partial charge in [0.1, 0.15) is 5.69 Å². The van der Waals surface area contributed by atoms with E-state index >= 15 is 0 Å². The zero-order chi connectivity index (χ0) is 19.8. The van der Waals surface area contributed by atoms with Gasteiger partial charge in [0.15, 0.2) is 0 Å². The maximum Gasteiger partial charge on any atom is 0.126 e. The van der Waals surface area contributed by atoms with Crippen LogP contribution in [0.5, 0.6) is 0 Å². The Bertz CT molecular complexity index is 1120. The summed E-state index contributed by atoms with van der Waals surface area (Å²) in [5.41, 5.74) is 5.56. The molecule has 1 atom stereocenters. The molecule has 3 aromatic heterocycles. The summed E-state index contributed by atoms with van der Waals surface area (Å²) in [6, 6.07) is 11.0. The topological polar surface area (TPSA) is 80.0 Å². The van der Waals surface area contributed by atoms with Crippen LogP contribution in [0.15, 0.2) is 30.3 Å². The molecule has 1 fully saturated rings. The molecular weight excluding hydrogens is 382 g/mol. The Morgan fingerprint density at radius 1 is 1.17 bits per heavy atom. The molecule has 0 spiro atoms. The number of nitrogens with zero attached hydrogens (tertiary/aromatic N) is 2. The first-order valence-electron chi connectivity index (χ1n) is 10.4. The highest BCUT2D eigenvalue weighted by Gasteiger charge is 2.19. The molecular formula is C22H27N5OS. The molecule has 152 valence electrons. The molecule has 6 nitrogen and oxygen atoms in total. The third kappa shape index (κ3) is 3.43. The Labute approximate surface area is 173 Å². The van der Waals surface area contributed by atoms with Gasteiger partial charge in [-0.3, -0.25) is 5.10 Å². The normalized spacial score (nSPS) is 16.1. The number of rotatable bonds is 6. The van der Waals surface area contributed by atoms with E-state index in [1.54, 1.807) is 0 Å². The van der Waals surface area contributed by atoms with Crippen LogP contribution in [0.3, 0.4) is 0 Å². The summed E-state index contributed by atoms with van der Waals surface area (Å²) in [7, 11) is 0. The van der Waals surface area contributed by atoms with Crippen LogP contribution in [0.1, 0.15) is 31.2 Å². The van der Waals surface area contributed by atoms with Crippen LogP contribution in [0.25, 0.3) is 32.5 Å². The molecule has 0 bridgehead atoms. The van der Waals surface area contributed by atoms with Gasteiger partial charge in [-0.1, -0.05) is 19.1 Å². The standard InChI is InChI=1S/C22H27N5OS/c1-2-14(5-10-28)15-3-4-16-12-18(24-17(16)11-15)21-22-19(25-26-21)13-20(29-22)27-8-6-23-7-9-27/h3-4,11-14,23-24,28H,2,5-10H2,1H3,(H,25,26). The summed E-state index contributed by atoms with van der Waals surface area (Å²) >= 11 is 1.82. The summed E-state index contributed by atoms with van der Waals surface area (Å²) < 4.78 is 1.21. The number of hydrogen-bond acceptors (Lipinski definition) is 5. The molecule has 1 unspecified atom stereocenters. The molecule has 0 saturated carbocycles. The SMILES string of the molecule is CCC(CCO)c1ccc2cc(-c3n[nH]c4cc(N5CCNCC5)sc34)[nH]c2c1. The Morgan fingerprint density at radius 2 is 2.03 bits per heavy atom. The lowest BCUT2D eigenvalue weighted by molar-refractivity contribution is 0.274. The number of anilines is 1. The highest BCUT2D eigenvalue weighted by atomic mass is 32.1. The molecule has 1 aliphatic heterocycles. The van der Waals surface area contributed by atoms with Gasteiger partial charge in [0.2, 0.25) is 0 Å². The van der Waals surface area contributed by atoms with Crippen molar-refractivity contribution < 1.29 is 5.11 Å². The fraction of sp³-hybridized carbons (Fsp3) is 0.409. The predicted molar refractivity (Wildman–Crippen MR) is 121 cm³/mol. The van der Waals surface area contributed by atoms with E-state index < -0.39 is 0 Å². The van der Waals surface area contributed by atoms with Gasteiger partial charge < -0.3 is 20.3 Å². The van der Waals surface area contributed by atoms with E-state index in [9.17, 15) is 5.11 Å². The summed E-state index contributed by atoms with van der Waals surface area (Å²) in [6.45, 7) is 6.58. The second-order valence-corrected chi connectivity index (χ2v) is 8.81. The van der Waals surface area contributed by atoms with Crippen molar-refractivity contribution in [3.05, 3.63) is 35.9 Å². The fourth-order valence-electron chi connectivity index (χ4n) is 4.32. The van der Waals surface area contributed by atoms with Crippen LogP contribution >= 0.6 is 11.3 Å². The van der Waals surface area contributed by atoms with Gasteiger partial charge in [-0.05, 0) is 42.5 Å². The van der Waals surface area contributed by atoms with Crippen molar-refractivity contribution in [3.63, 3.8) is 0 Å². The molecule has 4 aromatic rings. The van der Waals surface area contributed by atoms with E-state index in [0.29, 0.717) is 5.92 Å². The van der Waals surface area contributed by atoms with Crippen molar-refractivity contribution in [3.8, 4) is 11.4 Å². The minimum atomic E-state index is 0.228. The molecule has 0 amide bonds. The zero-order valence-electron chi connectivity index (χ0n) is 16.7. The van der Waals surface area contributed by atoms with Crippen LogP contribution in [-0.2, 0) is 0 Å². The Balaban J connectivity index is 1.49. The number of benzene rings is 1. The number of aromatic amines is 2. The summed E-state index contributed by atoms with van der Waals surface area (Å²) in [6.07, 6.45) is 1.84. The first-order chi connectivity index (χ1) is 14.3. The van der Waals surface area contributed by atoms with E-state index in [4.69, 9.17) is 0 Å². The second kappa shape index (κ2) is 7.82. The molecule has 0 aliphatic carbocycles. The van der Waals surface area contributed by atoms with E-state index in [2.05, 4.69) is 62.7 Å². The van der Waals surface area contributed by atoms with E-state index in [1.807, 2.05) is 11.3 Å². The average molecular weight is 410 g/mol. The van der Waals surface area contributed by atoms with Gasteiger partial charge in [0.05, 0.1) is 20.9 Å². The minimum Gasteiger partial charge on any atom is -0.396 e. The van der Waals surface area contributed by atoms with Crippen LogP contribution in [0.2, 0.25) is 0 Å². The van der Waals surface area contributed by atoms with Gasteiger partial charge in [-0.25, -0.2) is 0 Å². The number of aliphatic hydroxyl groups is 1. The zero-order valence-corrected chi connectivity index (χ0v) is 17.5. The van der Waals surface area contributed by atoms with Gasteiger partial charge in [-0.15, -0.1) is 11.3 Å². The van der Waals surface area contributed by atoms with Crippen LogP contribution < -0.4 is 10.2 Å². The lowest BCUT2D eigenvalue weighted by Crippen LogP contribution is -2.43. The van der Waals surface area contributed by atoms with Gasteiger partial charge in [0.25, 0.3) is 0 Å². The van der Waals surface area contributed by atoms with Crippen molar-refractivity contribution in [2.75, 3.05) is 37.7 Å². The summed E-state index contributed by atoms with van der Waals surface area (Å²) in [5.74, 6) is 0.395. The van der Waals surface area contributed by atoms with Crippen molar-refractivity contribution in [1.82, 2.24) is 20.5 Å². The van der Waals surface area contributed by atoms with E-state index in [0.717, 1.165) is 61.4 Å². The molecule has 1 aromatic carbocycles. The summed E-state index contributed by atoms with van der Waals surface area (Å²) in [5, 5.41) is 23.1. The molecule has 1 aliphatic rings. The monoisotopic (exact) mass is 409 g/mol. The maximum atomic E-state index is 9.34. The third-order valence-corrected chi connectivity index (χ3v) is 7.20. The van der Waals surface area contributed by atoms with Crippen molar-refractivity contribution in [2.24, 2.45) is 0 Å². The Hall–Kier alpha value is -2.35. The number of aliphatic hydroxyl groups excluding tert-OH is 1. The molecule has 7 heteroatoms. The molecule has 4 heterocycles. The number of nitrogens with one attached hydrogen (secondary N) is 3. The number of fused-ring (bicyclic) bond motifs is 2. The number of hydrogen-bond donors (Lipinski definition) is 4. The number of aromatic nitrogens is 3. The molecule has 0 radical (unpaired) electrons. The molecule has 5 rings (SSSR count). The first-order valence-corrected chi connectivity index (χ1v) is 11.3. The van der Waals surface area contributed by atoms with Crippen LogP contribution in [0.4, 0.5) is 5.00 Å². The number of H-pyrrole nitrogens is 2. The van der Waals surface area contributed by atoms with Gasteiger partial charge >= 0.3 is 0 Å². The first kappa shape index (κ1) is 18.7. The summed E-state index contributed by atoms with van der Waals surface area (Å²) in [4.78, 5) is 6.03. The molecule has 1 saturated heterocycles. The van der Waals surface area contributed by atoms with E-state index in [1.165, 1.54) is 20.7 Å². The molecule has 29 heavy (non-hydrogen) atoms. The quantitative estimate of drug-likeness (QED) is 0.387. The Kier molecular flexibility index (Phi) is 5.03. The van der Waals surface area contributed by atoms with E-state index in [-0.39, 0.29) is 6.61 Å². The van der Waals surface area contributed by atoms with Gasteiger partial charge in [-0.2, -0.15) is 5.10 Å². The fourth-order valence-corrected chi connectivity index (χ4v) is 5.48. The van der Waals surface area contributed by atoms with Gasteiger partial charge in [0, 0.05) is 43.7 Å². The van der Waals surface area contributed by atoms with Crippen molar-refractivity contribution in [2.45, 2.75) is 25.7 Å². The maximum absolute atomic E-state index is 9.34. The smallest absolute Gasteiger partial charge is 0.126 e. The third-order valence-electron chi connectivity index (χ3n) is 5.99. The van der Waals surface area contributed by atoms with Crippen LogP contribution in [0, 0.1) is 0 Å². The van der Waals surface area contributed by atoms with Crippen molar-refractivity contribution >= 4 is 37.5 Å². The highest BCUT2D eigenvalue weighted by Crippen LogP contribution is 2.38. The minimum absolute atomic E-state index is 0.228. The average Bonchev–Trinajstić information content (AvgIpc) is 3.45. The Morgan fingerprint density at radius 3 is 2.83 bits per heavy atom. The lowest BCUT2D eigenvalue weighted by atomic mass is 9.93. The highest BCUT2D eigenvalue weighted by molar-refractivity contribution is 7.23. The number of thiophene rings is 1. The largest absolute Gasteiger partial charge is 0.396 e. The lowest BCUT2D eigenvalue weighted by Gasteiger charge is -2.27. The predicted octanol–water partition coefficient (Wildman–Crippen LogP) is 4.06. The van der Waals surface area contributed by atoms with Crippen LogP contribution in [-0.4, -0.2) is 53.1 Å².